The minimum absolute atomic E-state index is 0.237. The highest BCUT2D eigenvalue weighted by atomic mass is 79.9. The standard InChI is InChI=1S/C12H19BrN4O2/c1-7(2)6-17-10(18)9(13)8(5-15-17)16-12(3,4)11(14)19/h5,7,16H,6H2,1-4H3,(H2,14,19). The van der Waals surface area contributed by atoms with Crippen LogP contribution in [0.4, 0.5) is 5.69 Å². The zero-order valence-corrected chi connectivity index (χ0v) is 13.1. The van der Waals surface area contributed by atoms with Gasteiger partial charge in [0.25, 0.3) is 5.56 Å². The van der Waals surface area contributed by atoms with Gasteiger partial charge in [-0.2, -0.15) is 5.10 Å². The third kappa shape index (κ3) is 3.79. The lowest BCUT2D eigenvalue weighted by Crippen LogP contribution is -2.45. The third-order valence-electron chi connectivity index (χ3n) is 2.59. The van der Waals surface area contributed by atoms with E-state index >= 15 is 0 Å². The number of rotatable bonds is 5. The highest BCUT2D eigenvalue weighted by Crippen LogP contribution is 2.20. The van der Waals surface area contributed by atoms with Crippen LogP contribution in [0.5, 0.6) is 0 Å². The molecule has 0 atom stereocenters. The summed E-state index contributed by atoms with van der Waals surface area (Å²) in [7, 11) is 0. The monoisotopic (exact) mass is 330 g/mol. The van der Waals surface area contributed by atoms with E-state index in [-0.39, 0.29) is 5.56 Å². The first-order valence-electron chi connectivity index (χ1n) is 5.99. The Balaban J connectivity index is 3.10. The van der Waals surface area contributed by atoms with Crippen molar-refractivity contribution in [2.45, 2.75) is 39.8 Å². The smallest absolute Gasteiger partial charge is 0.283 e. The van der Waals surface area contributed by atoms with Crippen LogP contribution < -0.4 is 16.6 Å². The summed E-state index contributed by atoms with van der Waals surface area (Å²) in [5.74, 6) is -0.191. The number of carbonyl (C=O) groups is 1. The summed E-state index contributed by atoms with van der Waals surface area (Å²) in [6, 6.07) is 0. The average Bonchev–Trinajstić information content (AvgIpc) is 2.28. The lowest BCUT2D eigenvalue weighted by Gasteiger charge is -2.24. The van der Waals surface area contributed by atoms with Crippen LogP contribution in [0.15, 0.2) is 15.5 Å². The van der Waals surface area contributed by atoms with E-state index in [0.717, 1.165) is 0 Å². The molecule has 19 heavy (non-hydrogen) atoms. The molecule has 1 aromatic heterocycles. The van der Waals surface area contributed by atoms with Gasteiger partial charge in [-0.15, -0.1) is 0 Å². The van der Waals surface area contributed by atoms with E-state index < -0.39 is 11.4 Å². The van der Waals surface area contributed by atoms with Gasteiger partial charge in [0.05, 0.1) is 11.9 Å². The molecular weight excluding hydrogens is 312 g/mol. The maximum Gasteiger partial charge on any atom is 0.283 e. The van der Waals surface area contributed by atoms with Crippen LogP contribution in [-0.4, -0.2) is 21.2 Å². The summed E-state index contributed by atoms with van der Waals surface area (Å²) in [5, 5.41) is 6.99. The Morgan fingerprint density at radius 1 is 1.58 bits per heavy atom. The fourth-order valence-electron chi connectivity index (χ4n) is 1.43. The second-order valence-corrected chi connectivity index (χ2v) is 6.16. The second-order valence-electron chi connectivity index (χ2n) is 5.37. The first-order chi connectivity index (χ1) is 8.65. The molecule has 0 fully saturated rings. The number of carbonyl (C=O) groups excluding carboxylic acids is 1. The van der Waals surface area contributed by atoms with Crippen molar-refractivity contribution in [2.24, 2.45) is 11.7 Å². The first-order valence-corrected chi connectivity index (χ1v) is 6.78. The number of nitrogens with zero attached hydrogens (tertiary/aromatic N) is 2. The molecule has 1 heterocycles. The van der Waals surface area contributed by atoms with Gasteiger partial charge in [0.15, 0.2) is 0 Å². The number of nitrogens with one attached hydrogen (secondary N) is 1. The van der Waals surface area contributed by atoms with Crippen molar-refractivity contribution in [1.82, 2.24) is 9.78 Å². The van der Waals surface area contributed by atoms with Crippen LogP contribution in [0, 0.1) is 5.92 Å². The largest absolute Gasteiger partial charge is 0.369 e. The summed E-state index contributed by atoms with van der Waals surface area (Å²) in [4.78, 5) is 23.4. The van der Waals surface area contributed by atoms with Crippen molar-refractivity contribution >= 4 is 27.5 Å². The topological polar surface area (TPSA) is 90.0 Å². The van der Waals surface area contributed by atoms with Gasteiger partial charge in [0.1, 0.15) is 10.0 Å². The number of aromatic nitrogens is 2. The molecule has 6 nitrogen and oxygen atoms in total. The molecule has 0 spiro atoms. The fraction of sp³-hybridized carbons (Fsp3) is 0.583. The molecule has 106 valence electrons. The minimum atomic E-state index is -0.957. The molecular formula is C12H19BrN4O2. The van der Waals surface area contributed by atoms with Crippen molar-refractivity contribution in [3.63, 3.8) is 0 Å². The van der Waals surface area contributed by atoms with Crippen LogP contribution in [-0.2, 0) is 11.3 Å². The van der Waals surface area contributed by atoms with Crippen LogP contribution >= 0.6 is 15.9 Å². The number of anilines is 1. The number of nitrogens with two attached hydrogens (primary N) is 1. The van der Waals surface area contributed by atoms with Crippen LogP contribution in [0.3, 0.4) is 0 Å². The third-order valence-corrected chi connectivity index (χ3v) is 3.35. The Morgan fingerprint density at radius 2 is 2.16 bits per heavy atom. The van der Waals surface area contributed by atoms with Crippen LogP contribution in [0.1, 0.15) is 27.7 Å². The molecule has 0 saturated heterocycles. The number of hydrogen-bond acceptors (Lipinski definition) is 4. The Labute approximate surface area is 120 Å². The highest BCUT2D eigenvalue weighted by Gasteiger charge is 2.26. The second kappa shape index (κ2) is 5.73. The molecule has 7 heteroatoms. The molecule has 0 bridgehead atoms. The van der Waals surface area contributed by atoms with Gasteiger partial charge in [-0.3, -0.25) is 9.59 Å². The lowest BCUT2D eigenvalue weighted by molar-refractivity contribution is -0.121. The summed E-state index contributed by atoms with van der Waals surface area (Å²) >= 11 is 3.23. The Hall–Kier alpha value is -1.37. The van der Waals surface area contributed by atoms with Crippen LogP contribution in [0.25, 0.3) is 0 Å². The molecule has 1 aromatic rings. The Kier molecular flexibility index (Phi) is 4.73. The van der Waals surface area contributed by atoms with E-state index in [0.29, 0.717) is 22.6 Å². The molecule has 0 aliphatic carbocycles. The van der Waals surface area contributed by atoms with Gasteiger partial charge in [-0.25, -0.2) is 4.68 Å². The Morgan fingerprint density at radius 3 is 2.63 bits per heavy atom. The van der Waals surface area contributed by atoms with E-state index in [1.54, 1.807) is 13.8 Å². The average molecular weight is 331 g/mol. The molecule has 1 rings (SSSR count). The van der Waals surface area contributed by atoms with Gasteiger partial charge >= 0.3 is 0 Å². The predicted molar refractivity (Wildman–Crippen MR) is 77.9 cm³/mol. The number of amides is 1. The van der Waals surface area contributed by atoms with Gasteiger partial charge < -0.3 is 11.1 Å². The zero-order chi connectivity index (χ0) is 14.8. The van der Waals surface area contributed by atoms with Crippen molar-refractivity contribution in [3.05, 3.63) is 21.0 Å². The number of hydrogen-bond donors (Lipinski definition) is 2. The first kappa shape index (κ1) is 15.7. The van der Waals surface area contributed by atoms with E-state index in [9.17, 15) is 9.59 Å². The predicted octanol–water partition coefficient (Wildman–Crippen LogP) is 1.34. The summed E-state index contributed by atoms with van der Waals surface area (Å²) in [5.41, 5.74) is 4.54. The van der Waals surface area contributed by atoms with Crippen molar-refractivity contribution < 1.29 is 4.79 Å². The molecule has 0 aliphatic heterocycles. The zero-order valence-electron chi connectivity index (χ0n) is 11.5. The van der Waals surface area contributed by atoms with Crippen molar-refractivity contribution in [1.29, 1.82) is 0 Å². The normalized spacial score (nSPS) is 11.7. The fourth-order valence-corrected chi connectivity index (χ4v) is 1.83. The molecule has 0 saturated carbocycles. The maximum atomic E-state index is 12.1. The van der Waals surface area contributed by atoms with Gasteiger partial charge in [-0.1, -0.05) is 13.8 Å². The molecule has 1 amide bonds. The van der Waals surface area contributed by atoms with E-state index in [1.165, 1.54) is 10.9 Å². The molecule has 0 unspecified atom stereocenters. The Bertz CT molecular complexity index is 537. The van der Waals surface area contributed by atoms with E-state index in [1.807, 2.05) is 13.8 Å². The van der Waals surface area contributed by atoms with Gasteiger partial charge in [0, 0.05) is 6.54 Å². The number of halogens is 1. The summed E-state index contributed by atoms with van der Waals surface area (Å²) < 4.78 is 1.73. The molecule has 3 N–H and O–H groups in total. The minimum Gasteiger partial charge on any atom is -0.369 e. The molecule has 0 aliphatic rings. The van der Waals surface area contributed by atoms with Gasteiger partial charge in [-0.05, 0) is 35.7 Å². The maximum absolute atomic E-state index is 12.1. The SMILES string of the molecule is CC(C)Cn1ncc(NC(C)(C)C(N)=O)c(Br)c1=O. The quantitative estimate of drug-likeness (QED) is 0.852. The van der Waals surface area contributed by atoms with Gasteiger partial charge in [0.2, 0.25) is 5.91 Å². The van der Waals surface area contributed by atoms with E-state index in [4.69, 9.17) is 5.73 Å². The lowest BCUT2D eigenvalue weighted by atomic mass is 10.1. The van der Waals surface area contributed by atoms with Crippen molar-refractivity contribution in [2.75, 3.05) is 5.32 Å². The molecule has 0 radical (unpaired) electrons. The highest BCUT2D eigenvalue weighted by molar-refractivity contribution is 9.10. The molecule has 0 aromatic carbocycles. The van der Waals surface area contributed by atoms with Crippen LogP contribution in [0.2, 0.25) is 0 Å². The van der Waals surface area contributed by atoms with E-state index in [2.05, 4.69) is 26.3 Å². The van der Waals surface area contributed by atoms with Crippen molar-refractivity contribution in [3.8, 4) is 0 Å². The summed E-state index contributed by atoms with van der Waals surface area (Å²) in [6.45, 7) is 7.83. The summed E-state index contributed by atoms with van der Waals surface area (Å²) in [6.07, 6.45) is 1.51. The number of primary amides is 1.